The van der Waals surface area contributed by atoms with Gasteiger partial charge < -0.3 is 4.74 Å². The van der Waals surface area contributed by atoms with Gasteiger partial charge in [-0.15, -0.1) is 0 Å². The van der Waals surface area contributed by atoms with Crippen molar-refractivity contribution in [3.05, 3.63) is 46.5 Å². The number of carbonyl (C=O) groups is 1. The number of amides is 1. The van der Waals surface area contributed by atoms with E-state index in [1.807, 2.05) is 6.92 Å². The number of ether oxygens (including phenoxy) is 1. The van der Waals surface area contributed by atoms with Crippen molar-refractivity contribution >= 4 is 35.1 Å². The molecule has 0 radical (unpaired) electrons. The maximum absolute atomic E-state index is 11.8. The minimum absolute atomic E-state index is 0.274. The molecule has 6 nitrogen and oxygen atoms in total. The number of halogens is 2. The fourth-order valence-electron chi connectivity index (χ4n) is 1.58. The summed E-state index contributed by atoms with van der Waals surface area (Å²) < 4.78 is 6.40. The first-order valence-corrected chi connectivity index (χ1v) is 6.89. The van der Waals surface area contributed by atoms with E-state index in [4.69, 9.17) is 27.9 Å². The third-order valence-electron chi connectivity index (χ3n) is 2.49. The van der Waals surface area contributed by atoms with Crippen molar-refractivity contribution < 1.29 is 9.53 Å². The molecule has 1 heterocycles. The van der Waals surface area contributed by atoms with Crippen LogP contribution in [-0.4, -0.2) is 33.3 Å². The second-order valence-corrected chi connectivity index (χ2v) is 4.80. The zero-order valence-corrected chi connectivity index (χ0v) is 12.7. The summed E-state index contributed by atoms with van der Waals surface area (Å²) in [4.78, 5) is 19.4. The fourth-order valence-corrected chi connectivity index (χ4v) is 1.90. The second kappa shape index (κ2) is 7.19. The van der Waals surface area contributed by atoms with Crippen LogP contribution in [0.1, 0.15) is 12.5 Å². The van der Waals surface area contributed by atoms with Crippen molar-refractivity contribution in [3.63, 3.8) is 0 Å². The molecule has 0 saturated carbocycles. The van der Waals surface area contributed by atoms with E-state index in [9.17, 15) is 4.79 Å². The molecule has 0 aliphatic rings. The van der Waals surface area contributed by atoms with Gasteiger partial charge in [0.05, 0.1) is 16.7 Å². The van der Waals surface area contributed by atoms with Crippen LogP contribution in [0.25, 0.3) is 0 Å². The Hall–Kier alpha value is -1.92. The molecule has 0 fully saturated rings. The van der Waals surface area contributed by atoms with Crippen LogP contribution in [0.5, 0.6) is 0 Å². The molecule has 1 amide bonds. The Kier molecular flexibility index (Phi) is 5.30. The molecule has 1 aromatic heterocycles. The lowest BCUT2D eigenvalue weighted by atomic mass is 10.1. The molecule has 8 heteroatoms. The molecule has 110 valence electrons. The molecule has 0 aliphatic carbocycles. The van der Waals surface area contributed by atoms with Gasteiger partial charge in [0.15, 0.2) is 5.90 Å². The van der Waals surface area contributed by atoms with E-state index in [0.29, 0.717) is 23.1 Å². The average molecular weight is 327 g/mol. The number of hydrogen-bond acceptors (Lipinski definition) is 4. The highest BCUT2D eigenvalue weighted by Gasteiger charge is 2.10. The number of aliphatic imine (C=N–C) groups is 1. The fraction of sp³-hybridized carbons (Fsp3) is 0.231. The molecule has 2 aromatic rings. The number of rotatable bonds is 3. The Morgan fingerprint density at radius 2 is 2.19 bits per heavy atom. The van der Waals surface area contributed by atoms with Crippen LogP contribution in [0.15, 0.2) is 35.8 Å². The Balaban J connectivity index is 2.18. The molecule has 0 spiro atoms. The van der Waals surface area contributed by atoms with E-state index >= 15 is 0 Å². The first kappa shape index (κ1) is 15.5. The number of hydrogen-bond donors (Lipinski definition) is 0. The number of carbonyl (C=O) groups excluding carboxylic acids is 1. The van der Waals surface area contributed by atoms with Gasteiger partial charge in [0.1, 0.15) is 12.7 Å². The van der Waals surface area contributed by atoms with Gasteiger partial charge in [0, 0.05) is 6.42 Å². The predicted octanol–water partition coefficient (Wildman–Crippen LogP) is 3.23. The standard InChI is InChI=1S/C13H12Cl2N4O2/c1-2-21-12(18-13(20)19-8-16-7-17-19)6-9-3-4-10(14)11(15)5-9/h3-5,7-8H,2,6H2,1H3/b18-12-. The third kappa shape index (κ3) is 4.27. The minimum atomic E-state index is -0.573. The van der Waals surface area contributed by atoms with Crippen molar-refractivity contribution in [1.82, 2.24) is 14.8 Å². The highest BCUT2D eigenvalue weighted by molar-refractivity contribution is 6.42. The average Bonchev–Trinajstić information content (AvgIpc) is 2.97. The molecule has 0 bridgehead atoms. The Bertz CT molecular complexity index is 656. The first-order valence-electron chi connectivity index (χ1n) is 6.13. The third-order valence-corrected chi connectivity index (χ3v) is 3.22. The molecule has 0 saturated heterocycles. The van der Waals surface area contributed by atoms with Gasteiger partial charge >= 0.3 is 6.03 Å². The summed E-state index contributed by atoms with van der Waals surface area (Å²) in [6.45, 7) is 2.20. The largest absolute Gasteiger partial charge is 0.481 e. The van der Waals surface area contributed by atoms with E-state index in [1.165, 1.54) is 12.7 Å². The second-order valence-electron chi connectivity index (χ2n) is 3.99. The Morgan fingerprint density at radius 1 is 1.38 bits per heavy atom. The van der Waals surface area contributed by atoms with Crippen molar-refractivity contribution in [2.45, 2.75) is 13.3 Å². The van der Waals surface area contributed by atoms with Crippen LogP contribution < -0.4 is 0 Å². The zero-order chi connectivity index (χ0) is 15.2. The lowest BCUT2D eigenvalue weighted by molar-refractivity contribution is 0.246. The maximum atomic E-state index is 11.8. The number of nitrogens with zero attached hydrogens (tertiary/aromatic N) is 4. The summed E-state index contributed by atoms with van der Waals surface area (Å²) in [5.74, 6) is 0.274. The van der Waals surface area contributed by atoms with Crippen LogP contribution in [0.4, 0.5) is 4.79 Å². The van der Waals surface area contributed by atoms with Crippen molar-refractivity contribution in [3.8, 4) is 0 Å². The molecule has 0 atom stereocenters. The Morgan fingerprint density at radius 3 is 2.81 bits per heavy atom. The molecular weight excluding hydrogens is 315 g/mol. The summed E-state index contributed by atoms with van der Waals surface area (Å²) in [5.41, 5.74) is 0.836. The van der Waals surface area contributed by atoms with E-state index in [2.05, 4.69) is 15.1 Å². The summed E-state index contributed by atoms with van der Waals surface area (Å²) in [6.07, 6.45) is 2.85. The van der Waals surface area contributed by atoms with E-state index < -0.39 is 6.03 Å². The topological polar surface area (TPSA) is 69.4 Å². The number of aromatic nitrogens is 3. The lowest BCUT2D eigenvalue weighted by Gasteiger charge is -2.08. The quantitative estimate of drug-likeness (QED) is 0.641. The van der Waals surface area contributed by atoms with Crippen LogP contribution >= 0.6 is 23.2 Å². The van der Waals surface area contributed by atoms with Crippen molar-refractivity contribution in [2.75, 3.05) is 6.61 Å². The summed E-state index contributed by atoms with van der Waals surface area (Å²) in [6, 6.07) is 4.61. The van der Waals surface area contributed by atoms with E-state index in [0.717, 1.165) is 10.2 Å². The monoisotopic (exact) mass is 326 g/mol. The molecule has 1 aromatic carbocycles. The van der Waals surface area contributed by atoms with Gasteiger partial charge in [-0.05, 0) is 24.6 Å². The highest BCUT2D eigenvalue weighted by Crippen LogP contribution is 2.23. The maximum Gasteiger partial charge on any atom is 0.372 e. The highest BCUT2D eigenvalue weighted by atomic mass is 35.5. The van der Waals surface area contributed by atoms with Crippen LogP contribution in [-0.2, 0) is 11.2 Å². The summed E-state index contributed by atoms with van der Waals surface area (Å²) in [7, 11) is 0. The van der Waals surface area contributed by atoms with Gasteiger partial charge in [0.2, 0.25) is 0 Å². The van der Waals surface area contributed by atoms with E-state index in [1.54, 1.807) is 18.2 Å². The Labute approximate surface area is 131 Å². The van der Waals surface area contributed by atoms with Crippen LogP contribution in [0.3, 0.4) is 0 Å². The van der Waals surface area contributed by atoms with Crippen molar-refractivity contribution in [2.24, 2.45) is 4.99 Å². The predicted molar refractivity (Wildman–Crippen MR) is 80.0 cm³/mol. The molecule has 2 rings (SSSR count). The smallest absolute Gasteiger partial charge is 0.372 e. The van der Waals surface area contributed by atoms with E-state index in [-0.39, 0.29) is 5.90 Å². The molecule has 0 unspecified atom stereocenters. The molecule has 0 N–H and O–H groups in total. The van der Waals surface area contributed by atoms with Gasteiger partial charge in [-0.25, -0.2) is 9.78 Å². The SMILES string of the molecule is CCO/C(Cc1ccc(Cl)c(Cl)c1)=N\C(=O)n1cncn1. The van der Waals surface area contributed by atoms with Gasteiger partial charge in [-0.1, -0.05) is 29.3 Å². The van der Waals surface area contributed by atoms with Crippen LogP contribution in [0, 0.1) is 0 Å². The van der Waals surface area contributed by atoms with Crippen LogP contribution in [0.2, 0.25) is 10.0 Å². The summed E-state index contributed by atoms with van der Waals surface area (Å²) in [5, 5.41) is 4.62. The number of benzene rings is 1. The van der Waals surface area contributed by atoms with Gasteiger partial charge in [-0.3, -0.25) is 0 Å². The summed E-state index contributed by atoms with van der Waals surface area (Å²) >= 11 is 11.8. The first-order chi connectivity index (χ1) is 10.1. The minimum Gasteiger partial charge on any atom is -0.481 e. The molecular formula is C13H12Cl2N4O2. The zero-order valence-electron chi connectivity index (χ0n) is 11.2. The van der Waals surface area contributed by atoms with Crippen molar-refractivity contribution in [1.29, 1.82) is 0 Å². The van der Waals surface area contributed by atoms with Gasteiger partial charge in [-0.2, -0.15) is 14.8 Å². The normalized spacial score (nSPS) is 11.5. The van der Waals surface area contributed by atoms with Gasteiger partial charge in [0.25, 0.3) is 0 Å². The lowest BCUT2D eigenvalue weighted by Crippen LogP contribution is -2.15. The molecule has 0 aliphatic heterocycles. The molecule has 21 heavy (non-hydrogen) atoms.